The zero-order valence-corrected chi connectivity index (χ0v) is 21.9. The number of ether oxygens (including phenoxy) is 1. The fourth-order valence-electron chi connectivity index (χ4n) is 4.14. The molecule has 2 heterocycles. The lowest BCUT2D eigenvalue weighted by Gasteiger charge is -2.23. The van der Waals surface area contributed by atoms with Gasteiger partial charge in [-0.2, -0.15) is 4.98 Å². The highest BCUT2D eigenvalue weighted by molar-refractivity contribution is 7.92. The second kappa shape index (κ2) is 10.6. The molecule has 1 amide bonds. The average Bonchev–Trinajstić information content (AvgIpc) is 3.26. The average molecular weight is 526 g/mol. The minimum atomic E-state index is -3.70. The third kappa shape index (κ3) is 5.43. The smallest absolute Gasteiger partial charge is 0.255 e. The monoisotopic (exact) mass is 525 g/mol. The summed E-state index contributed by atoms with van der Waals surface area (Å²) in [5.41, 5.74) is 2.44. The van der Waals surface area contributed by atoms with Gasteiger partial charge in [0.15, 0.2) is 0 Å². The Hall–Kier alpha value is -3.92. The molecule has 10 heteroatoms. The van der Waals surface area contributed by atoms with E-state index < -0.39 is 21.7 Å². The number of aromatic nitrogens is 1. The molecule has 8 nitrogen and oxygen atoms in total. The topological polar surface area (TPSA) is 102 Å². The number of anilines is 1. The molecule has 0 radical (unpaired) electrons. The predicted molar refractivity (Wildman–Crippen MR) is 141 cm³/mol. The van der Waals surface area contributed by atoms with Crippen LogP contribution in [0.4, 0.5) is 10.2 Å². The van der Waals surface area contributed by atoms with Gasteiger partial charge in [0.2, 0.25) is 15.7 Å². The third-order valence-electron chi connectivity index (χ3n) is 6.08. The molecule has 0 aliphatic heterocycles. The lowest BCUT2D eigenvalue weighted by atomic mass is 10.0. The van der Waals surface area contributed by atoms with Gasteiger partial charge in [-0.05, 0) is 66.4 Å². The van der Waals surface area contributed by atoms with Crippen LogP contribution < -0.4 is 14.4 Å². The molecule has 0 saturated carbocycles. The largest absolute Gasteiger partial charge is 0.497 e. The van der Waals surface area contributed by atoms with Gasteiger partial charge >= 0.3 is 0 Å². The molecule has 1 N–H and O–H groups in total. The van der Waals surface area contributed by atoms with E-state index in [1.807, 2.05) is 31.2 Å². The number of nitrogens with one attached hydrogen (secondary N) is 1. The lowest BCUT2D eigenvalue weighted by Crippen LogP contribution is -2.33. The van der Waals surface area contributed by atoms with Crippen LogP contribution in [0.1, 0.15) is 28.4 Å². The van der Waals surface area contributed by atoms with E-state index in [0.29, 0.717) is 35.1 Å². The zero-order chi connectivity index (χ0) is 26.7. The first-order valence-corrected chi connectivity index (χ1v) is 13.6. The first-order chi connectivity index (χ1) is 17.7. The summed E-state index contributed by atoms with van der Waals surface area (Å²) in [6, 6.07) is 14.7. The van der Waals surface area contributed by atoms with E-state index in [1.165, 1.54) is 35.6 Å². The molecule has 0 fully saturated rings. The number of sulfonamides is 1. The summed E-state index contributed by atoms with van der Waals surface area (Å²) in [6.45, 7) is 2.04. The standard InChI is InChI=1S/C27H28FN3O5S/c1-5-18-16-22-23(26(32)29-2)24(19-8-10-20(28)11-9-19)36-27(22)30-25(18)31(37(4,33)34)15-14-17-6-12-21(35-3)13-7-17/h6-13,16H,5,14-15H2,1-4H3,(H,29,32). The second-order valence-corrected chi connectivity index (χ2v) is 10.4. The Morgan fingerprint density at radius 3 is 2.38 bits per heavy atom. The summed E-state index contributed by atoms with van der Waals surface area (Å²) >= 11 is 0. The number of rotatable bonds is 9. The SMILES string of the molecule is CCc1cc2c(C(=O)NC)c(-c3ccc(F)cc3)oc2nc1N(CCc1ccc(OC)cc1)S(C)(=O)=O. The van der Waals surface area contributed by atoms with Crippen molar-refractivity contribution in [3.05, 3.63) is 77.1 Å². The Labute approximate surface area is 215 Å². The molecule has 0 atom stereocenters. The van der Waals surface area contributed by atoms with Gasteiger partial charge in [-0.15, -0.1) is 0 Å². The summed E-state index contributed by atoms with van der Waals surface area (Å²) in [6.07, 6.45) is 2.05. The Bertz CT molecular complexity index is 1530. The zero-order valence-electron chi connectivity index (χ0n) is 21.0. The molecule has 2 aromatic heterocycles. The van der Waals surface area contributed by atoms with Crippen molar-refractivity contribution in [3.63, 3.8) is 0 Å². The van der Waals surface area contributed by atoms with Crippen LogP contribution >= 0.6 is 0 Å². The number of halogens is 1. The number of carbonyl (C=O) groups excluding carboxylic acids is 1. The summed E-state index contributed by atoms with van der Waals surface area (Å²) < 4.78 is 51.7. The Morgan fingerprint density at radius 1 is 1.14 bits per heavy atom. The van der Waals surface area contributed by atoms with E-state index in [0.717, 1.165) is 11.8 Å². The molecule has 0 unspecified atom stereocenters. The number of nitrogens with zero attached hydrogens (tertiary/aromatic N) is 2. The van der Waals surface area contributed by atoms with Crippen molar-refractivity contribution >= 4 is 32.8 Å². The molecule has 4 rings (SSSR count). The molecule has 4 aromatic rings. The number of amides is 1. The van der Waals surface area contributed by atoms with Gasteiger partial charge in [0.05, 0.1) is 24.3 Å². The van der Waals surface area contributed by atoms with E-state index in [2.05, 4.69) is 10.3 Å². The molecule has 0 saturated heterocycles. The molecule has 0 bridgehead atoms. The highest BCUT2D eigenvalue weighted by atomic mass is 32.2. The van der Waals surface area contributed by atoms with Crippen molar-refractivity contribution in [1.82, 2.24) is 10.3 Å². The minimum absolute atomic E-state index is 0.114. The van der Waals surface area contributed by atoms with E-state index >= 15 is 0 Å². The quantitative estimate of drug-likeness (QED) is 0.343. The van der Waals surface area contributed by atoms with Gasteiger partial charge in [-0.25, -0.2) is 12.8 Å². The number of hydrogen-bond acceptors (Lipinski definition) is 6. The third-order valence-corrected chi connectivity index (χ3v) is 7.24. The van der Waals surface area contributed by atoms with Crippen LogP contribution in [0.3, 0.4) is 0 Å². The van der Waals surface area contributed by atoms with Crippen molar-refractivity contribution in [2.45, 2.75) is 19.8 Å². The normalized spacial score (nSPS) is 11.5. The number of pyridine rings is 1. The second-order valence-electron chi connectivity index (χ2n) is 8.50. The first-order valence-electron chi connectivity index (χ1n) is 11.7. The molecule has 0 aliphatic rings. The molecule has 0 aliphatic carbocycles. The summed E-state index contributed by atoms with van der Waals surface area (Å²) in [5, 5.41) is 3.06. The van der Waals surface area contributed by atoms with Crippen LogP contribution in [0.15, 0.2) is 59.0 Å². The Kier molecular flexibility index (Phi) is 7.49. The molecule has 2 aromatic carbocycles. The van der Waals surface area contributed by atoms with Crippen LogP contribution in [0.25, 0.3) is 22.4 Å². The number of aryl methyl sites for hydroxylation is 1. The van der Waals surface area contributed by atoms with Gasteiger partial charge in [0.1, 0.15) is 23.1 Å². The van der Waals surface area contributed by atoms with Gasteiger partial charge in [-0.1, -0.05) is 19.1 Å². The highest BCUT2D eigenvalue weighted by Crippen LogP contribution is 2.36. The summed E-state index contributed by atoms with van der Waals surface area (Å²) in [5.74, 6) is 0.370. The van der Waals surface area contributed by atoms with Crippen LogP contribution in [0, 0.1) is 5.82 Å². The predicted octanol–water partition coefficient (Wildman–Crippen LogP) is 4.57. The fraction of sp³-hybridized carbons (Fsp3) is 0.259. The molecule has 37 heavy (non-hydrogen) atoms. The van der Waals surface area contributed by atoms with Gasteiger partial charge < -0.3 is 14.5 Å². The van der Waals surface area contributed by atoms with Crippen molar-refractivity contribution in [2.75, 3.05) is 31.3 Å². The number of carbonyl (C=O) groups is 1. The first kappa shape index (κ1) is 26.2. The number of benzene rings is 2. The fourth-order valence-corrected chi connectivity index (χ4v) is 5.03. The maximum Gasteiger partial charge on any atom is 0.255 e. The van der Waals surface area contributed by atoms with E-state index in [4.69, 9.17) is 9.15 Å². The lowest BCUT2D eigenvalue weighted by molar-refractivity contribution is 0.0964. The highest BCUT2D eigenvalue weighted by Gasteiger charge is 2.27. The van der Waals surface area contributed by atoms with E-state index in [1.54, 1.807) is 13.2 Å². The maximum atomic E-state index is 13.5. The van der Waals surface area contributed by atoms with Crippen molar-refractivity contribution in [2.24, 2.45) is 0 Å². The molecular formula is C27H28FN3O5S. The molecule has 194 valence electrons. The van der Waals surface area contributed by atoms with Gasteiger partial charge in [-0.3, -0.25) is 9.10 Å². The number of methoxy groups -OCH3 is 1. The summed E-state index contributed by atoms with van der Waals surface area (Å²) in [4.78, 5) is 17.4. The van der Waals surface area contributed by atoms with Crippen molar-refractivity contribution in [1.29, 1.82) is 0 Å². The minimum Gasteiger partial charge on any atom is -0.497 e. The number of fused-ring (bicyclic) bond motifs is 1. The van der Waals surface area contributed by atoms with Crippen molar-refractivity contribution in [3.8, 4) is 17.1 Å². The van der Waals surface area contributed by atoms with Crippen LogP contribution in [-0.2, 0) is 22.9 Å². The Morgan fingerprint density at radius 2 is 1.81 bits per heavy atom. The van der Waals surface area contributed by atoms with Crippen LogP contribution in [-0.4, -0.2) is 46.3 Å². The molecule has 0 spiro atoms. The maximum absolute atomic E-state index is 13.5. The number of hydrogen-bond donors (Lipinski definition) is 1. The van der Waals surface area contributed by atoms with Crippen molar-refractivity contribution < 1.29 is 26.8 Å². The van der Waals surface area contributed by atoms with Crippen LogP contribution in [0.2, 0.25) is 0 Å². The van der Waals surface area contributed by atoms with Gasteiger partial charge in [0.25, 0.3) is 5.91 Å². The number of furan rings is 1. The van der Waals surface area contributed by atoms with Gasteiger partial charge in [0, 0.05) is 19.2 Å². The van der Waals surface area contributed by atoms with E-state index in [9.17, 15) is 17.6 Å². The van der Waals surface area contributed by atoms with Crippen LogP contribution in [0.5, 0.6) is 5.75 Å². The van der Waals surface area contributed by atoms with E-state index in [-0.39, 0.29) is 29.4 Å². The molecular weight excluding hydrogens is 497 g/mol. The summed E-state index contributed by atoms with van der Waals surface area (Å²) in [7, 11) is -0.614. The Balaban J connectivity index is 1.83.